The third-order valence-electron chi connectivity index (χ3n) is 5.79. The Labute approximate surface area is 188 Å². The summed E-state index contributed by atoms with van der Waals surface area (Å²) < 4.78 is 0. The van der Waals surface area contributed by atoms with Crippen LogP contribution < -0.4 is 25.3 Å². The molecule has 1 aliphatic heterocycles. The van der Waals surface area contributed by atoms with Gasteiger partial charge in [0.2, 0.25) is 11.8 Å². The molecule has 0 unspecified atom stereocenters. The van der Waals surface area contributed by atoms with Crippen molar-refractivity contribution >= 4 is 34.6 Å². The number of carbonyl (C=O) groups excluding carboxylic acids is 2. The van der Waals surface area contributed by atoms with Crippen molar-refractivity contribution in [2.24, 2.45) is 5.73 Å². The van der Waals surface area contributed by atoms with Crippen LogP contribution in [-0.2, 0) is 9.59 Å². The molecule has 3 aromatic carbocycles. The Bertz CT molecular complexity index is 1000. The first-order chi connectivity index (χ1) is 15.5. The first-order valence-electron chi connectivity index (χ1n) is 10.5. The zero-order valence-electron chi connectivity index (χ0n) is 18.3. The van der Waals surface area contributed by atoms with Gasteiger partial charge in [-0.25, -0.2) is 0 Å². The Morgan fingerprint density at radius 2 is 1.03 bits per heavy atom. The molecule has 7 heteroatoms. The van der Waals surface area contributed by atoms with Crippen LogP contribution in [0.15, 0.2) is 84.9 Å². The number of carbonyl (C=O) groups is 2. The maximum atomic E-state index is 13.0. The molecule has 2 amide bonds. The number of amides is 2. The van der Waals surface area contributed by atoms with Gasteiger partial charge in [-0.2, -0.15) is 0 Å². The highest BCUT2D eigenvalue weighted by atomic mass is 16.2. The number of hydrogen-bond acceptors (Lipinski definition) is 5. The summed E-state index contributed by atoms with van der Waals surface area (Å²) in [6.45, 7) is 0.200. The Kier molecular flexibility index (Phi) is 6.09. The van der Waals surface area contributed by atoms with Crippen LogP contribution in [0.3, 0.4) is 0 Å². The molecular weight excluding hydrogens is 402 g/mol. The monoisotopic (exact) mass is 429 g/mol. The van der Waals surface area contributed by atoms with Crippen molar-refractivity contribution in [3.8, 4) is 0 Å². The van der Waals surface area contributed by atoms with E-state index in [2.05, 4.69) is 0 Å². The van der Waals surface area contributed by atoms with Gasteiger partial charge in [0.25, 0.3) is 0 Å². The normalized spacial score (nSPS) is 13.1. The number of anilines is 4. The van der Waals surface area contributed by atoms with Gasteiger partial charge in [0, 0.05) is 25.5 Å². The van der Waals surface area contributed by atoms with E-state index in [-0.39, 0.29) is 24.9 Å². The van der Waals surface area contributed by atoms with E-state index in [1.165, 1.54) is 0 Å². The van der Waals surface area contributed by atoms with Crippen molar-refractivity contribution in [1.29, 1.82) is 0 Å². The molecule has 0 spiro atoms. The predicted molar refractivity (Wildman–Crippen MR) is 129 cm³/mol. The first kappa shape index (κ1) is 21.4. The quantitative estimate of drug-likeness (QED) is 0.652. The highest BCUT2D eigenvalue weighted by molar-refractivity contribution is 5.99. The number of nitrogens with two attached hydrogens (primary N) is 1. The Hall–Kier alpha value is -3.84. The summed E-state index contributed by atoms with van der Waals surface area (Å²) in [7, 11) is 3.50. The zero-order chi connectivity index (χ0) is 22.7. The average Bonchev–Trinajstić information content (AvgIpc) is 3.10. The van der Waals surface area contributed by atoms with Crippen LogP contribution >= 0.6 is 0 Å². The van der Waals surface area contributed by atoms with E-state index in [0.717, 1.165) is 22.7 Å². The molecule has 0 radical (unpaired) electrons. The van der Waals surface area contributed by atoms with E-state index >= 15 is 0 Å². The number of nitrogens with zero attached hydrogens (tertiary/aromatic N) is 4. The largest absolute Gasteiger partial charge is 0.328 e. The van der Waals surface area contributed by atoms with E-state index in [1.807, 2.05) is 94.7 Å². The Balaban J connectivity index is 1.52. The van der Waals surface area contributed by atoms with Crippen molar-refractivity contribution in [1.82, 2.24) is 0 Å². The summed E-state index contributed by atoms with van der Waals surface area (Å²) in [6.07, 6.45) is -0.631. The Morgan fingerprint density at radius 1 is 0.688 bits per heavy atom. The number of likely N-dealkylation sites (N-methyl/N-ethyl adjacent to an activating group) is 2. The van der Waals surface area contributed by atoms with Crippen molar-refractivity contribution < 1.29 is 9.59 Å². The van der Waals surface area contributed by atoms with Crippen molar-refractivity contribution in [3.63, 3.8) is 0 Å². The van der Waals surface area contributed by atoms with E-state index in [0.29, 0.717) is 0 Å². The van der Waals surface area contributed by atoms with Crippen LogP contribution in [0.5, 0.6) is 0 Å². The number of rotatable bonds is 6. The molecule has 164 valence electrons. The fourth-order valence-electron chi connectivity index (χ4n) is 3.86. The van der Waals surface area contributed by atoms with Gasteiger partial charge >= 0.3 is 0 Å². The minimum atomic E-state index is -0.631. The van der Waals surface area contributed by atoms with E-state index in [1.54, 1.807) is 23.9 Å². The van der Waals surface area contributed by atoms with Gasteiger partial charge in [0.05, 0.1) is 11.4 Å². The van der Waals surface area contributed by atoms with E-state index < -0.39 is 6.29 Å². The second-order valence-corrected chi connectivity index (χ2v) is 7.73. The van der Waals surface area contributed by atoms with Crippen molar-refractivity contribution in [2.75, 3.05) is 46.8 Å². The van der Waals surface area contributed by atoms with Crippen LogP contribution in [0.2, 0.25) is 0 Å². The highest BCUT2D eigenvalue weighted by Crippen LogP contribution is 2.37. The molecule has 0 bridgehead atoms. The number of para-hydroxylation sites is 4. The minimum absolute atomic E-state index is 0.0870. The first-order valence-corrected chi connectivity index (χ1v) is 10.5. The lowest BCUT2D eigenvalue weighted by Gasteiger charge is -2.31. The van der Waals surface area contributed by atoms with Crippen molar-refractivity contribution in [2.45, 2.75) is 6.29 Å². The number of fused-ring (bicyclic) bond motifs is 1. The highest BCUT2D eigenvalue weighted by Gasteiger charge is 2.36. The lowest BCUT2D eigenvalue weighted by molar-refractivity contribution is -0.117. The molecule has 7 nitrogen and oxygen atoms in total. The minimum Gasteiger partial charge on any atom is -0.328 e. The van der Waals surface area contributed by atoms with Crippen LogP contribution in [0.1, 0.15) is 0 Å². The Morgan fingerprint density at radius 3 is 1.41 bits per heavy atom. The second-order valence-electron chi connectivity index (χ2n) is 7.73. The standard InChI is InChI=1S/C25H27N5O2/c1-27(19-11-5-3-6-12-19)23(31)17-29-21-15-9-10-16-22(21)30(25(29)26)18-24(32)28(2)20-13-7-4-8-14-20/h3-16,25H,17-18,26H2,1-2H3. The molecular formula is C25H27N5O2. The zero-order valence-corrected chi connectivity index (χ0v) is 18.3. The molecule has 4 rings (SSSR count). The van der Waals surface area contributed by atoms with Gasteiger partial charge in [-0.1, -0.05) is 48.5 Å². The molecule has 3 aromatic rings. The van der Waals surface area contributed by atoms with E-state index in [9.17, 15) is 9.59 Å². The third kappa shape index (κ3) is 4.15. The number of benzene rings is 3. The molecule has 0 atom stereocenters. The van der Waals surface area contributed by atoms with Crippen LogP contribution in [-0.4, -0.2) is 45.3 Å². The van der Waals surface area contributed by atoms with Gasteiger partial charge < -0.3 is 19.6 Å². The van der Waals surface area contributed by atoms with Gasteiger partial charge in [0.15, 0.2) is 6.29 Å². The molecule has 0 saturated carbocycles. The molecule has 2 N–H and O–H groups in total. The van der Waals surface area contributed by atoms with Crippen LogP contribution in [0, 0.1) is 0 Å². The summed E-state index contributed by atoms with van der Waals surface area (Å²) in [5.74, 6) is -0.174. The SMILES string of the molecule is CN(C(=O)CN1c2ccccc2N(CC(=O)N(C)c2ccccc2)C1N)c1ccccc1. The topological polar surface area (TPSA) is 73.1 Å². The fourth-order valence-corrected chi connectivity index (χ4v) is 3.86. The van der Waals surface area contributed by atoms with Crippen LogP contribution in [0.25, 0.3) is 0 Å². The molecule has 1 aliphatic rings. The lowest BCUT2D eigenvalue weighted by atomic mass is 10.2. The molecule has 0 aromatic heterocycles. The molecule has 0 aliphatic carbocycles. The van der Waals surface area contributed by atoms with Crippen LogP contribution in [0.4, 0.5) is 22.7 Å². The van der Waals surface area contributed by atoms with Gasteiger partial charge in [-0.15, -0.1) is 0 Å². The number of hydrogen-bond donors (Lipinski definition) is 1. The summed E-state index contributed by atoms with van der Waals surface area (Å²) in [4.78, 5) is 32.9. The lowest BCUT2D eigenvalue weighted by Crippen LogP contribution is -2.55. The summed E-state index contributed by atoms with van der Waals surface area (Å²) in [5.41, 5.74) is 9.86. The smallest absolute Gasteiger partial charge is 0.246 e. The maximum Gasteiger partial charge on any atom is 0.246 e. The second kappa shape index (κ2) is 9.11. The van der Waals surface area contributed by atoms with E-state index in [4.69, 9.17) is 5.73 Å². The molecule has 1 heterocycles. The maximum absolute atomic E-state index is 13.0. The molecule has 0 saturated heterocycles. The van der Waals surface area contributed by atoms with Gasteiger partial charge in [-0.05, 0) is 36.4 Å². The summed E-state index contributed by atoms with van der Waals surface area (Å²) in [6, 6.07) is 26.6. The summed E-state index contributed by atoms with van der Waals surface area (Å²) >= 11 is 0. The fraction of sp³-hybridized carbons (Fsp3) is 0.200. The predicted octanol–water partition coefficient (Wildman–Crippen LogP) is 2.88. The van der Waals surface area contributed by atoms with Gasteiger partial charge in [-0.3, -0.25) is 15.3 Å². The molecule has 32 heavy (non-hydrogen) atoms. The average molecular weight is 430 g/mol. The van der Waals surface area contributed by atoms with Crippen molar-refractivity contribution in [3.05, 3.63) is 84.9 Å². The third-order valence-corrected chi connectivity index (χ3v) is 5.79. The summed E-state index contributed by atoms with van der Waals surface area (Å²) in [5, 5.41) is 0. The molecule has 0 fully saturated rings. The van der Waals surface area contributed by atoms with Gasteiger partial charge in [0.1, 0.15) is 13.1 Å².